The molecule has 1 aromatic heterocycles. The molecule has 33 heavy (non-hydrogen) atoms. The van der Waals surface area contributed by atoms with E-state index in [-0.39, 0.29) is 28.9 Å². The molecule has 3 atom stereocenters. The summed E-state index contributed by atoms with van der Waals surface area (Å²) < 4.78 is 28.4. The minimum Gasteiger partial charge on any atom is -0.308 e. The second-order valence-electron chi connectivity index (χ2n) is 9.78. The van der Waals surface area contributed by atoms with Crippen molar-refractivity contribution >= 4 is 21.6 Å². The van der Waals surface area contributed by atoms with Gasteiger partial charge in [0, 0.05) is 35.8 Å². The van der Waals surface area contributed by atoms with E-state index in [2.05, 4.69) is 6.08 Å². The average molecular weight is 467 g/mol. The topological polar surface area (TPSA) is 76.5 Å². The summed E-state index contributed by atoms with van der Waals surface area (Å²) in [6.45, 7) is 0.379. The third kappa shape index (κ3) is 3.71. The Morgan fingerprint density at radius 1 is 1.06 bits per heavy atom. The number of ketones is 2. The van der Waals surface area contributed by atoms with Crippen molar-refractivity contribution in [2.75, 3.05) is 26.4 Å². The number of carbonyl (C=O) groups excluding carboxylic acids is 2. The molecule has 3 aliphatic rings. The van der Waals surface area contributed by atoms with Crippen LogP contribution in [0.15, 0.2) is 48.2 Å². The lowest BCUT2D eigenvalue weighted by atomic mass is 9.61. The van der Waals surface area contributed by atoms with E-state index < -0.39 is 21.7 Å². The number of Topliss-reactive ketones (excluding diaryl/α,β-unsaturated/α-hetero) is 2. The van der Waals surface area contributed by atoms with E-state index in [1.807, 2.05) is 49.3 Å². The summed E-state index contributed by atoms with van der Waals surface area (Å²) in [5.41, 5.74) is 3.37. The number of rotatable bonds is 5. The number of allylic oxidation sites excluding steroid dienone is 2. The van der Waals surface area contributed by atoms with Crippen molar-refractivity contribution in [1.29, 1.82) is 0 Å². The fourth-order valence-corrected chi connectivity index (χ4v) is 7.49. The van der Waals surface area contributed by atoms with E-state index in [0.29, 0.717) is 24.2 Å². The number of nitrogens with zero attached hydrogens (tertiary/aromatic N) is 2. The molecule has 2 aromatic rings. The highest BCUT2D eigenvalue weighted by Gasteiger charge is 2.51. The fourth-order valence-electron chi connectivity index (χ4n) is 5.90. The zero-order valence-corrected chi connectivity index (χ0v) is 20.0. The monoisotopic (exact) mass is 466 g/mol. The van der Waals surface area contributed by atoms with Crippen LogP contribution in [0.1, 0.15) is 54.1 Å². The van der Waals surface area contributed by atoms with Gasteiger partial charge in [-0.3, -0.25) is 9.59 Å². The van der Waals surface area contributed by atoms with Gasteiger partial charge >= 0.3 is 0 Å². The molecule has 0 bridgehead atoms. The van der Waals surface area contributed by atoms with Crippen molar-refractivity contribution in [2.24, 2.45) is 11.8 Å². The first-order chi connectivity index (χ1) is 15.8. The van der Waals surface area contributed by atoms with E-state index in [1.54, 1.807) is 6.20 Å². The van der Waals surface area contributed by atoms with Gasteiger partial charge < -0.3 is 4.90 Å². The van der Waals surface area contributed by atoms with Crippen molar-refractivity contribution < 1.29 is 18.0 Å². The summed E-state index contributed by atoms with van der Waals surface area (Å²) >= 11 is 0. The van der Waals surface area contributed by atoms with E-state index in [0.717, 1.165) is 31.2 Å². The number of carbonyl (C=O) groups is 2. The van der Waals surface area contributed by atoms with Gasteiger partial charge in [0.1, 0.15) is 0 Å². The summed E-state index contributed by atoms with van der Waals surface area (Å²) in [4.78, 5) is 28.9. The highest BCUT2D eigenvalue weighted by atomic mass is 32.2. The smallest absolute Gasteiger partial charge is 0.239 e. The Labute approximate surface area is 195 Å². The summed E-state index contributed by atoms with van der Waals surface area (Å²) in [7, 11) is -0.0378. The zero-order chi connectivity index (χ0) is 23.3. The molecule has 0 spiro atoms. The molecule has 1 saturated carbocycles. The Bertz CT molecular complexity index is 1240. The lowest BCUT2D eigenvalue weighted by Gasteiger charge is -2.42. The van der Waals surface area contributed by atoms with Crippen molar-refractivity contribution in [2.45, 2.75) is 38.0 Å². The number of aromatic nitrogens is 1. The first-order valence-corrected chi connectivity index (χ1v) is 13.4. The van der Waals surface area contributed by atoms with Crippen LogP contribution in [0.25, 0.3) is 11.1 Å². The molecule has 3 aliphatic carbocycles. The number of fused-ring (bicyclic) bond motifs is 5. The van der Waals surface area contributed by atoms with Crippen LogP contribution in [0.3, 0.4) is 0 Å². The maximum Gasteiger partial charge on any atom is 0.239 e. The van der Waals surface area contributed by atoms with Gasteiger partial charge in [0.05, 0.1) is 11.3 Å². The van der Waals surface area contributed by atoms with Crippen molar-refractivity contribution in [3.63, 3.8) is 0 Å². The normalized spacial score (nSPS) is 24.8. The molecule has 5 rings (SSSR count). The molecule has 0 saturated heterocycles. The van der Waals surface area contributed by atoms with Crippen molar-refractivity contribution in [3.05, 3.63) is 59.4 Å². The Hall–Kier alpha value is -2.51. The molecular weight excluding hydrogens is 436 g/mol. The predicted molar refractivity (Wildman–Crippen MR) is 128 cm³/mol. The summed E-state index contributed by atoms with van der Waals surface area (Å²) in [5, 5.41) is 0. The Morgan fingerprint density at radius 2 is 1.82 bits per heavy atom. The van der Waals surface area contributed by atoms with Gasteiger partial charge in [-0.25, -0.2) is 12.4 Å². The highest BCUT2D eigenvalue weighted by molar-refractivity contribution is 7.89. The summed E-state index contributed by atoms with van der Waals surface area (Å²) in [6.07, 6.45) is 8.41. The first kappa shape index (κ1) is 22.3. The quantitative estimate of drug-likeness (QED) is 0.494. The molecule has 0 amide bonds. The average Bonchev–Trinajstić information content (AvgIpc) is 3.23. The van der Waals surface area contributed by atoms with Crippen molar-refractivity contribution in [1.82, 2.24) is 8.87 Å². The Balaban J connectivity index is 1.72. The Kier molecular flexibility index (Phi) is 5.65. The van der Waals surface area contributed by atoms with Crippen LogP contribution >= 0.6 is 0 Å². The number of hydrogen-bond acceptors (Lipinski definition) is 5. The summed E-state index contributed by atoms with van der Waals surface area (Å²) in [6, 6.07) is 9.30. The lowest BCUT2D eigenvalue weighted by molar-refractivity contribution is -0.121. The van der Waals surface area contributed by atoms with Gasteiger partial charge in [-0.1, -0.05) is 48.4 Å². The minimum absolute atomic E-state index is 0.0510. The molecule has 0 aliphatic heterocycles. The first-order valence-electron chi connectivity index (χ1n) is 11.8. The molecule has 7 heteroatoms. The Morgan fingerprint density at radius 3 is 2.55 bits per heavy atom. The molecule has 1 heterocycles. The number of benzene rings is 1. The number of hydrogen-bond donors (Lipinski definition) is 0. The van der Waals surface area contributed by atoms with Crippen LogP contribution in [0.2, 0.25) is 0 Å². The van der Waals surface area contributed by atoms with E-state index in [1.165, 1.54) is 9.55 Å². The summed E-state index contributed by atoms with van der Waals surface area (Å²) in [5.74, 6) is -1.62. The van der Waals surface area contributed by atoms with Crippen LogP contribution in [0.5, 0.6) is 0 Å². The molecular formula is C26H30N2O4S. The maximum absolute atomic E-state index is 13.6. The van der Waals surface area contributed by atoms with Gasteiger partial charge in [0.25, 0.3) is 0 Å². The van der Waals surface area contributed by atoms with E-state index >= 15 is 0 Å². The van der Waals surface area contributed by atoms with Crippen LogP contribution in [-0.4, -0.2) is 55.2 Å². The molecule has 1 aromatic carbocycles. The van der Waals surface area contributed by atoms with E-state index in [4.69, 9.17) is 0 Å². The minimum atomic E-state index is -3.71. The van der Waals surface area contributed by atoms with Crippen LogP contribution < -0.4 is 0 Å². The molecule has 3 unspecified atom stereocenters. The second-order valence-corrected chi connectivity index (χ2v) is 11.7. The van der Waals surface area contributed by atoms with Gasteiger partial charge in [0.2, 0.25) is 21.6 Å². The van der Waals surface area contributed by atoms with Gasteiger partial charge in [-0.05, 0) is 51.3 Å². The highest BCUT2D eigenvalue weighted by Crippen LogP contribution is 2.52. The second kappa shape index (κ2) is 8.37. The van der Waals surface area contributed by atoms with Gasteiger partial charge in [-0.15, -0.1) is 0 Å². The van der Waals surface area contributed by atoms with Gasteiger partial charge in [0.15, 0.2) is 0 Å². The molecule has 0 N–H and O–H groups in total. The molecule has 0 radical (unpaired) electrons. The lowest BCUT2D eigenvalue weighted by Crippen LogP contribution is -2.43. The fraction of sp³-hybridized carbons (Fsp3) is 0.462. The van der Waals surface area contributed by atoms with Crippen LogP contribution in [0.4, 0.5) is 0 Å². The maximum atomic E-state index is 13.6. The molecule has 174 valence electrons. The van der Waals surface area contributed by atoms with Crippen LogP contribution in [0, 0.1) is 11.8 Å². The largest absolute Gasteiger partial charge is 0.308 e. The third-order valence-corrected chi connectivity index (χ3v) is 9.10. The van der Waals surface area contributed by atoms with Crippen molar-refractivity contribution in [3.8, 4) is 11.1 Å². The van der Waals surface area contributed by atoms with Crippen LogP contribution in [-0.2, 0) is 14.8 Å². The molecule has 6 nitrogen and oxygen atoms in total. The predicted octanol–water partition coefficient (Wildman–Crippen LogP) is 3.88. The SMILES string of the molecule is CN(C)CCS(=O)(=O)n1cc(-c2ccccc2)c2c1C1CC=C3CCCCC3C1C(=O)C2=O. The van der Waals surface area contributed by atoms with Gasteiger partial charge in [-0.2, -0.15) is 0 Å². The molecule has 1 fully saturated rings. The third-order valence-electron chi connectivity index (χ3n) is 7.50. The van der Waals surface area contributed by atoms with E-state index in [9.17, 15) is 18.0 Å². The standard InChI is InChI=1S/C26H30N2O4S/c1-27(2)14-15-33(31,32)28-16-21(17-8-4-3-5-9-17)23-24(28)20-13-12-18-10-6-7-11-19(18)22(20)25(29)26(23)30/h3-5,8-9,12,16,19-20,22H,6-7,10-11,13-15H2,1-2H3. The zero-order valence-electron chi connectivity index (χ0n) is 19.2.